The summed E-state index contributed by atoms with van der Waals surface area (Å²) in [6.45, 7) is 5.01. The summed E-state index contributed by atoms with van der Waals surface area (Å²) in [6, 6.07) is 14.0. The van der Waals surface area contributed by atoms with E-state index in [1.54, 1.807) is 0 Å². The molecule has 2 nitrogen and oxygen atoms in total. The van der Waals surface area contributed by atoms with Crippen LogP contribution in [0.1, 0.15) is 16.7 Å². The number of halogens is 1. The summed E-state index contributed by atoms with van der Waals surface area (Å²) in [4.78, 5) is 0. The minimum atomic E-state index is 0.440. The average Bonchev–Trinajstić information content (AvgIpc) is 2.49. The molecule has 1 aliphatic rings. The molecule has 0 aliphatic carbocycles. The van der Waals surface area contributed by atoms with Crippen LogP contribution in [0.2, 0.25) is 0 Å². The number of ether oxygens (including phenoxy) is 2. The first-order valence-corrected chi connectivity index (χ1v) is 7.32. The van der Waals surface area contributed by atoms with E-state index in [4.69, 9.17) is 21.1 Å². The van der Waals surface area contributed by atoms with Gasteiger partial charge in [0.05, 0.1) is 5.03 Å². The molecule has 2 aromatic rings. The van der Waals surface area contributed by atoms with Gasteiger partial charge in [0.2, 0.25) is 0 Å². The van der Waals surface area contributed by atoms with E-state index in [-0.39, 0.29) is 0 Å². The lowest BCUT2D eigenvalue weighted by atomic mass is 10.1. The molecule has 0 atom stereocenters. The molecule has 0 radical (unpaired) electrons. The number of hydrogen-bond acceptors (Lipinski definition) is 2. The molecule has 0 N–H and O–H groups in total. The van der Waals surface area contributed by atoms with Crippen LogP contribution in [0.15, 0.2) is 48.0 Å². The molecule has 0 spiro atoms. The number of fused-ring (bicyclic) bond motifs is 1. The van der Waals surface area contributed by atoms with E-state index in [2.05, 4.69) is 6.92 Å². The molecule has 21 heavy (non-hydrogen) atoms. The number of benzene rings is 2. The molecular formula is C18H17ClO2. The summed E-state index contributed by atoms with van der Waals surface area (Å²) in [5.41, 5.74) is 4.29. The molecule has 0 amide bonds. The van der Waals surface area contributed by atoms with Crippen LogP contribution in [0.4, 0.5) is 0 Å². The van der Waals surface area contributed by atoms with Gasteiger partial charge in [0.15, 0.2) is 0 Å². The molecule has 0 fully saturated rings. The fourth-order valence-corrected chi connectivity index (χ4v) is 2.53. The summed E-state index contributed by atoms with van der Waals surface area (Å²) < 4.78 is 11.5. The Labute approximate surface area is 130 Å². The van der Waals surface area contributed by atoms with Gasteiger partial charge in [0, 0.05) is 11.1 Å². The lowest BCUT2D eigenvalue weighted by Gasteiger charge is -2.21. The molecular weight excluding hydrogens is 284 g/mol. The van der Waals surface area contributed by atoms with Gasteiger partial charge in [0.25, 0.3) is 0 Å². The summed E-state index contributed by atoms with van der Waals surface area (Å²) in [5.74, 6) is 1.68. The van der Waals surface area contributed by atoms with Crippen LogP contribution >= 0.6 is 11.6 Å². The van der Waals surface area contributed by atoms with Crippen LogP contribution in [0.25, 0.3) is 5.03 Å². The van der Waals surface area contributed by atoms with E-state index >= 15 is 0 Å². The van der Waals surface area contributed by atoms with Crippen molar-refractivity contribution < 1.29 is 9.47 Å². The highest BCUT2D eigenvalue weighted by Gasteiger charge is 2.19. The van der Waals surface area contributed by atoms with Crippen molar-refractivity contribution in [1.29, 1.82) is 0 Å². The van der Waals surface area contributed by atoms with E-state index < -0.39 is 0 Å². The standard InChI is InChI=1S/C18H17ClO2/c1-12-3-6-15(7-4-12)20-10-14-11-21-17-8-5-13(2)9-16(17)18(14)19/h3-9H,10-11H2,1-2H3. The Morgan fingerprint density at radius 2 is 1.76 bits per heavy atom. The molecule has 2 aromatic carbocycles. The Bertz CT molecular complexity index is 687. The predicted molar refractivity (Wildman–Crippen MR) is 86.1 cm³/mol. The molecule has 108 valence electrons. The first-order valence-electron chi connectivity index (χ1n) is 6.94. The lowest BCUT2D eigenvalue weighted by Crippen LogP contribution is -2.15. The first kappa shape index (κ1) is 14.0. The van der Waals surface area contributed by atoms with Crippen molar-refractivity contribution >= 4 is 16.6 Å². The van der Waals surface area contributed by atoms with Gasteiger partial charge in [-0.15, -0.1) is 0 Å². The van der Waals surface area contributed by atoms with Gasteiger partial charge in [-0.2, -0.15) is 0 Å². The van der Waals surface area contributed by atoms with Gasteiger partial charge >= 0.3 is 0 Å². The molecule has 0 saturated carbocycles. The second-order valence-corrected chi connectivity index (χ2v) is 5.69. The molecule has 1 aliphatic heterocycles. The number of aryl methyl sites for hydroxylation is 2. The Hall–Kier alpha value is -1.93. The normalized spacial score (nSPS) is 13.7. The minimum Gasteiger partial charge on any atom is -0.489 e. The highest BCUT2D eigenvalue weighted by Crippen LogP contribution is 2.36. The van der Waals surface area contributed by atoms with Gasteiger partial charge < -0.3 is 9.47 Å². The Morgan fingerprint density at radius 1 is 1.05 bits per heavy atom. The third-order valence-electron chi connectivity index (χ3n) is 3.52. The van der Waals surface area contributed by atoms with Crippen molar-refractivity contribution in [3.05, 3.63) is 64.7 Å². The van der Waals surface area contributed by atoms with E-state index in [1.807, 2.05) is 49.4 Å². The topological polar surface area (TPSA) is 18.5 Å². The van der Waals surface area contributed by atoms with Gasteiger partial charge in [-0.25, -0.2) is 0 Å². The fraction of sp³-hybridized carbons (Fsp3) is 0.222. The van der Waals surface area contributed by atoms with E-state index in [0.717, 1.165) is 33.2 Å². The summed E-state index contributed by atoms with van der Waals surface area (Å²) in [6.07, 6.45) is 0. The van der Waals surface area contributed by atoms with Crippen LogP contribution in [-0.4, -0.2) is 13.2 Å². The highest BCUT2D eigenvalue weighted by molar-refractivity contribution is 6.49. The molecule has 0 unspecified atom stereocenters. The van der Waals surface area contributed by atoms with Gasteiger partial charge in [-0.05, 0) is 38.1 Å². The lowest BCUT2D eigenvalue weighted by molar-refractivity contribution is 0.297. The zero-order valence-electron chi connectivity index (χ0n) is 12.2. The maximum Gasteiger partial charge on any atom is 0.128 e. The minimum absolute atomic E-state index is 0.440. The first-order chi connectivity index (χ1) is 10.1. The summed E-state index contributed by atoms with van der Waals surface area (Å²) in [7, 11) is 0. The monoisotopic (exact) mass is 300 g/mol. The third kappa shape index (κ3) is 3.06. The number of rotatable bonds is 3. The van der Waals surface area contributed by atoms with Crippen molar-refractivity contribution in [3.8, 4) is 11.5 Å². The van der Waals surface area contributed by atoms with Crippen molar-refractivity contribution in [1.82, 2.24) is 0 Å². The molecule has 0 aromatic heterocycles. The Morgan fingerprint density at radius 3 is 2.52 bits per heavy atom. The highest BCUT2D eigenvalue weighted by atomic mass is 35.5. The van der Waals surface area contributed by atoms with Crippen LogP contribution in [0, 0.1) is 13.8 Å². The van der Waals surface area contributed by atoms with Crippen molar-refractivity contribution in [3.63, 3.8) is 0 Å². The van der Waals surface area contributed by atoms with Crippen molar-refractivity contribution in [2.24, 2.45) is 0 Å². The quantitative estimate of drug-likeness (QED) is 0.816. The zero-order chi connectivity index (χ0) is 14.8. The van der Waals surface area contributed by atoms with E-state index in [0.29, 0.717) is 13.2 Å². The maximum absolute atomic E-state index is 6.50. The van der Waals surface area contributed by atoms with Crippen molar-refractivity contribution in [2.75, 3.05) is 13.2 Å². The smallest absolute Gasteiger partial charge is 0.128 e. The predicted octanol–water partition coefficient (Wildman–Crippen LogP) is 4.72. The molecule has 1 heterocycles. The molecule has 3 rings (SSSR count). The fourth-order valence-electron chi connectivity index (χ4n) is 2.27. The summed E-state index contributed by atoms with van der Waals surface area (Å²) >= 11 is 6.50. The number of hydrogen-bond donors (Lipinski definition) is 0. The largest absolute Gasteiger partial charge is 0.489 e. The molecule has 0 bridgehead atoms. The molecule has 3 heteroatoms. The summed E-state index contributed by atoms with van der Waals surface area (Å²) in [5, 5.41) is 0.743. The second kappa shape index (κ2) is 5.82. The van der Waals surface area contributed by atoms with Crippen LogP contribution < -0.4 is 9.47 Å². The Balaban J connectivity index is 1.79. The van der Waals surface area contributed by atoms with Crippen molar-refractivity contribution in [2.45, 2.75) is 13.8 Å². The third-order valence-corrected chi connectivity index (χ3v) is 3.99. The molecule has 0 saturated heterocycles. The van der Waals surface area contributed by atoms with E-state index in [9.17, 15) is 0 Å². The van der Waals surface area contributed by atoms with Gasteiger partial charge in [-0.1, -0.05) is 40.9 Å². The Kier molecular flexibility index (Phi) is 3.89. The van der Waals surface area contributed by atoms with Crippen LogP contribution in [0.5, 0.6) is 11.5 Å². The average molecular weight is 301 g/mol. The van der Waals surface area contributed by atoms with Crippen LogP contribution in [-0.2, 0) is 0 Å². The SMILES string of the molecule is Cc1ccc(OCC2=C(Cl)c3cc(C)ccc3OC2)cc1. The second-order valence-electron chi connectivity index (χ2n) is 5.31. The maximum atomic E-state index is 6.50. The van der Waals surface area contributed by atoms with Gasteiger partial charge in [-0.3, -0.25) is 0 Å². The zero-order valence-corrected chi connectivity index (χ0v) is 12.9. The van der Waals surface area contributed by atoms with E-state index in [1.165, 1.54) is 5.56 Å². The van der Waals surface area contributed by atoms with Crippen LogP contribution in [0.3, 0.4) is 0 Å². The van der Waals surface area contributed by atoms with Gasteiger partial charge in [0.1, 0.15) is 24.7 Å².